The molecule has 3 N–H and O–H groups in total. The Morgan fingerprint density at radius 1 is 1.35 bits per heavy atom. The summed E-state index contributed by atoms with van der Waals surface area (Å²) in [6.07, 6.45) is 0.837. The number of hydrogen-bond acceptors (Lipinski definition) is 5. The molecule has 1 atom stereocenters. The van der Waals surface area contributed by atoms with Crippen LogP contribution in [0.3, 0.4) is 0 Å². The summed E-state index contributed by atoms with van der Waals surface area (Å²) in [4.78, 5) is 12.4. The number of nitrogens with two attached hydrogens (primary N) is 1. The van der Waals surface area contributed by atoms with E-state index in [1.165, 1.54) is 7.11 Å². The van der Waals surface area contributed by atoms with Crippen molar-refractivity contribution in [2.24, 2.45) is 11.7 Å². The lowest BCUT2D eigenvalue weighted by atomic mass is 10.0. The smallest absolute Gasteiger partial charge is 0.251 e. The van der Waals surface area contributed by atoms with E-state index in [0.717, 1.165) is 6.42 Å². The van der Waals surface area contributed by atoms with Crippen molar-refractivity contribution in [3.05, 3.63) is 17.7 Å². The first kappa shape index (κ1) is 19.4. The van der Waals surface area contributed by atoms with Crippen LogP contribution in [-0.4, -0.2) is 38.8 Å². The molecule has 0 saturated heterocycles. The third kappa shape index (κ3) is 4.91. The van der Waals surface area contributed by atoms with Gasteiger partial charge in [0.1, 0.15) is 13.2 Å². The number of methoxy groups -OCH3 is 1. The second-order valence-electron chi connectivity index (χ2n) is 5.74. The quantitative estimate of drug-likeness (QED) is 0.824. The van der Waals surface area contributed by atoms with Gasteiger partial charge < -0.3 is 25.3 Å². The second-order valence-corrected chi connectivity index (χ2v) is 5.74. The summed E-state index contributed by atoms with van der Waals surface area (Å²) in [7, 11) is 1.54. The molecule has 0 fully saturated rings. The summed E-state index contributed by atoms with van der Waals surface area (Å²) in [6, 6.07) is 3.29. The van der Waals surface area contributed by atoms with E-state index in [2.05, 4.69) is 19.2 Å². The molecule has 23 heavy (non-hydrogen) atoms. The maximum Gasteiger partial charge on any atom is 0.251 e. The van der Waals surface area contributed by atoms with Crippen LogP contribution in [0.2, 0.25) is 0 Å². The lowest BCUT2D eigenvalue weighted by Crippen LogP contribution is -2.41. The van der Waals surface area contributed by atoms with E-state index in [4.69, 9.17) is 19.9 Å². The van der Waals surface area contributed by atoms with E-state index in [1.54, 1.807) is 12.1 Å². The van der Waals surface area contributed by atoms with Crippen LogP contribution in [0.5, 0.6) is 17.2 Å². The molecule has 1 aliphatic heterocycles. The average Bonchev–Trinajstić information content (AvgIpc) is 2.52. The van der Waals surface area contributed by atoms with Crippen molar-refractivity contribution in [3.63, 3.8) is 0 Å². The Bertz CT molecular complexity index is 520. The molecule has 0 aliphatic carbocycles. The third-order valence-electron chi connectivity index (χ3n) is 3.47. The highest BCUT2D eigenvalue weighted by Crippen LogP contribution is 2.40. The molecule has 0 radical (unpaired) electrons. The predicted octanol–water partition coefficient (Wildman–Crippen LogP) is 1.99. The van der Waals surface area contributed by atoms with E-state index >= 15 is 0 Å². The summed E-state index contributed by atoms with van der Waals surface area (Å²) < 4.78 is 16.4. The van der Waals surface area contributed by atoms with E-state index in [0.29, 0.717) is 48.5 Å². The zero-order valence-electron chi connectivity index (χ0n) is 13.8. The van der Waals surface area contributed by atoms with Crippen molar-refractivity contribution >= 4 is 18.3 Å². The number of carbonyl (C=O) groups excluding carboxylic acids is 1. The van der Waals surface area contributed by atoms with Crippen molar-refractivity contribution in [1.29, 1.82) is 0 Å². The molecular formula is C16H25ClN2O4. The van der Waals surface area contributed by atoms with Gasteiger partial charge in [-0.1, -0.05) is 13.8 Å². The molecule has 7 heteroatoms. The number of carbonyl (C=O) groups is 1. The number of halogens is 1. The minimum Gasteiger partial charge on any atom is -0.493 e. The first-order chi connectivity index (χ1) is 10.5. The molecule has 0 aromatic heterocycles. The van der Waals surface area contributed by atoms with Crippen molar-refractivity contribution in [2.75, 3.05) is 26.9 Å². The van der Waals surface area contributed by atoms with Gasteiger partial charge in [0, 0.05) is 18.2 Å². The van der Waals surface area contributed by atoms with E-state index < -0.39 is 0 Å². The van der Waals surface area contributed by atoms with Crippen LogP contribution in [-0.2, 0) is 0 Å². The van der Waals surface area contributed by atoms with Gasteiger partial charge in [0.15, 0.2) is 11.5 Å². The summed E-state index contributed by atoms with van der Waals surface area (Å²) in [6.45, 7) is 5.54. The fraction of sp³-hybridized carbons (Fsp3) is 0.562. The monoisotopic (exact) mass is 344 g/mol. The van der Waals surface area contributed by atoms with Crippen LogP contribution in [0.1, 0.15) is 30.6 Å². The number of ether oxygens (including phenoxy) is 3. The molecule has 0 saturated carbocycles. The van der Waals surface area contributed by atoms with Crippen LogP contribution < -0.4 is 25.3 Å². The van der Waals surface area contributed by atoms with Gasteiger partial charge in [-0.05, 0) is 24.5 Å². The molecule has 1 aliphatic rings. The third-order valence-corrected chi connectivity index (χ3v) is 3.47. The highest BCUT2D eigenvalue weighted by atomic mass is 35.5. The van der Waals surface area contributed by atoms with Gasteiger partial charge in [-0.2, -0.15) is 0 Å². The Morgan fingerprint density at radius 2 is 2.04 bits per heavy atom. The topological polar surface area (TPSA) is 82.8 Å². The SMILES string of the molecule is COc1cc(C(=O)NC(CN)CC(C)C)cc2c1OCCO2.Cl. The van der Waals surface area contributed by atoms with E-state index in [-0.39, 0.29) is 24.4 Å². The number of hydrogen-bond donors (Lipinski definition) is 2. The predicted molar refractivity (Wildman–Crippen MR) is 91.0 cm³/mol. The van der Waals surface area contributed by atoms with Gasteiger partial charge in [0.05, 0.1) is 7.11 Å². The summed E-state index contributed by atoms with van der Waals surface area (Å²) in [5.41, 5.74) is 6.21. The van der Waals surface area contributed by atoms with Gasteiger partial charge in [0.25, 0.3) is 5.91 Å². The van der Waals surface area contributed by atoms with Crippen molar-refractivity contribution in [3.8, 4) is 17.2 Å². The van der Waals surface area contributed by atoms with Crippen molar-refractivity contribution in [2.45, 2.75) is 26.3 Å². The molecular weight excluding hydrogens is 320 g/mol. The molecule has 1 heterocycles. The Balaban J connectivity index is 0.00000264. The van der Waals surface area contributed by atoms with Crippen LogP contribution in [0.15, 0.2) is 12.1 Å². The molecule has 0 spiro atoms. The van der Waals surface area contributed by atoms with Crippen LogP contribution in [0.25, 0.3) is 0 Å². The highest BCUT2D eigenvalue weighted by Gasteiger charge is 2.22. The Kier molecular flexibility index (Phi) is 7.45. The summed E-state index contributed by atoms with van der Waals surface area (Å²) >= 11 is 0. The fourth-order valence-corrected chi connectivity index (χ4v) is 2.46. The van der Waals surface area contributed by atoms with Gasteiger partial charge in [0.2, 0.25) is 5.75 Å². The number of fused-ring (bicyclic) bond motifs is 1. The number of nitrogens with one attached hydrogen (secondary N) is 1. The van der Waals surface area contributed by atoms with E-state index in [9.17, 15) is 4.79 Å². The molecule has 2 rings (SSSR count). The summed E-state index contributed by atoms with van der Waals surface area (Å²) in [5.74, 6) is 1.84. The fourth-order valence-electron chi connectivity index (χ4n) is 2.46. The molecule has 1 aromatic rings. The highest BCUT2D eigenvalue weighted by molar-refractivity contribution is 5.95. The number of amides is 1. The normalized spacial score (nSPS) is 14.0. The van der Waals surface area contributed by atoms with Crippen LogP contribution in [0.4, 0.5) is 0 Å². The minimum atomic E-state index is -0.189. The number of benzene rings is 1. The molecule has 1 aromatic carbocycles. The molecule has 130 valence electrons. The van der Waals surface area contributed by atoms with Crippen molar-refractivity contribution < 1.29 is 19.0 Å². The van der Waals surface area contributed by atoms with Gasteiger partial charge in [-0.3, -0.25) is 4.79 Å². The zero-order valence-corrected chi connectivity index (χ0v) is 14.6. The first-order valence-corrected chi connectivity index (χ1v) is 7.53. The van der Waals surface area contributed by atoms with Gasteiger partial charge in [-0.15, -0.1) is 12.4 Å². The second kappa shape index (κ2) is 8.84. The zero-order chi connectivity index (χ0) is 16.1. The van der Waals surface area contributed by atoms with Crippen LogP contribution in [0, 0.1) is 5.92 Å². The Labute approximate surface area is 143 Å². The molecule has 6 nitrogen and oxygen atoms in total. The van der Waals surface area contributed by atoms with Gasteiger partial charge in [-0.25, -0.2) is 0 Å². The Hall–Kier alpha value is -1.66. The van der Waals surface area contributed by atoms with Crippen LogP contribution >= 0.6 is 12.4 Å². The lowest BCUT2D eigenvalue weighted by molar-refractivity contribution is 0.0931. The van der Waals surface area contributed by atoms with Crippen molar-refractivity contribution in [1.82, 2.24) is 5.32 Å². The first-order valence-electron chi connectivity index (χ1n) is 7.53. The number of rotatable bonds is 6. The van der Waals surface area contributed by atoms with Gasteiger partial charge >= 0.3 is 0 Å². The maximum absolute atomic E-state index is 12.4. The summed E-state index contributed by atoms with van der Waals surface area (Å²) in [5, 5.41) is 2.96. The molecule has 1 amide bonds. The molecule has 1 unspecified atom stereocenters. The standard InChI is InChI=1S/C16H24N2O4.ClH/c1-10(2)6-12(9-17)18-16(19)11-7-13(20-3)15-14(8-11)21-4-5-22-15;/h7-8,10,12H,4-6,9,17H2,1-3H3,(H,18,19);1H. The minimum absolute atomic E-state index is 0. The average molecular weight is 345 g/mol. The Morgan fingerprint density at radius 3 is 2.65 bits per heavy atom. The van der Waals surface area contributed by atoms with E-state index in [1.807, 2.05) is 0 Å². The maximum atomic E-state index is 12.4. The molecule has 0 bridgehead atoms. The largest absolute Gasteiger partial charge is 0.493 e. The lowest BCUT2D eigenvalue weighted by Gasteiger charge is -2.22.